The second-order valence-corrected chi connectivity index (χ2v) is 6.65. The van der Waals surface area contributed by atoms with Crippen molar-refractivity contribution in [1.29, 1.82) is 0 Å². The van der Waals surface area contributed by atoms with Crippen LogP contribution in [0.2, 0.25) is 0 Å². The van der Waals surface area contributed by atoms with Crippen LogP contribution in [-0.2, 0) is 0 Å². The van der Waals surface area contributed by atoms with Gasteiger partial charge in [0, 0.05) is 31.0 Å². The van der Waals surface area contributed by atoms with Gasteiger partial charge < -0.3 is 15.5 Å². The maximum atomic E-state index is 5.79. The van der Waals surface area contributed by atoms with Crippen LogP contribution in [0.5, 0.6) is 0 Å². The molecule has 0 radical (unpaired) electrons. The SMILES string of the molecule is C=CCN(CCN(CC)CCCCC(C)C)c1ccc(N)cc1. The largest absolute Gasteiger partial charge is 0.399 e. The quantitative estimate of drug-likeness (QED) is 0.352. The monoisotopic (exact) mass is 317 g/mol. The summed E-state index contributed by atoms with van der Waals surface area (Å²) in [5.41, 5.74) is 7.82. The standard InChI is InChI=1S/C20H35N3/c1-5-14-23(20-12-10-19(21)11-13-20)17-16-22(6-2)15-8-7-9-18(3)4/h5,10-13,18H,1,6-9,14-17,21H2,2-4H3. The van der Waals surface area contributed by atoms with E-state index in [1.54, 1.807) is 0 Å². The van der Waals surface area contributed by atoms with Gasteiger partial charge in [0.15, 0.2) is 0 Å². The molecular weight excluding hydrogens is 282 g/mol. The van der Waals surface area contributed by atoms with Crippen LogP contribution in [0.15, 0.2) is 36.9 Å². The van der Waals surface area contributed by atoms with Gasteiger partial charge in [0.25, 0.3) is 0 Å². The Morgan fingerprint density at radius 1 is 1.09 bits per heavy atom. The number of nitrogens with two attached hydrogens (primary N) is 1. The van der Waals surface area contributed by atoms with Crippen molar-refractivity contribution in [3.8, 4) is 0 Å². The molecule has 1 aromatic rings. The van der Waals surface area contributed by atoms with E-state index in [-0.39, 0.29) is 0 Å². The molecule has 0 amide bonds. The molecule has 0 aliphatic carbocycles. The van der Waals surface area contributed by atoms with Crippen molar-refractivity contribution in [2.75, 3.05) is 43.4 Å². The smallest absolute Gasteiger partial charge is 0.0370 e. The van der Waals surface area contributed by atoms with E-state index in [0.717, 1.165) is 37.8 Å². The molecule has 0 atom stereocenters. The molecule has 0 aliphatic rings. The fourth-order valence-electron chi connectivity index (χ4n) is 2.74. The molecule has 0 spiro atoms. The van der Waals surface area contributed by atoms with Crippen molar-refractivity contribution < 1.29 is 0 Å². The first-order chi connectivity index (χ1) is 11.1. The van der Waals surface area contributed by atoms with Crippen molar-refractivity contribution in [2.45, 2.75) is 40.0 Å². The minimum atomic E-state index is 0.813. The molecule has 2 N–H and O–H groups in total. The zero-order valence-electron chi connectivity index (χ0n) is 15.3. The molecule has 0 unspecified atom stereocenters. The number of likely N-dealkylation sites (N-methyl/N-ethyl adjacent to an activating group) is 1. The van der Waals surface area contributed by atoms with Gasteiger partial charge in [-0.05, 0) is 49.7 Å². The van der Waals surface area contributed by atoms with Crippen LogP contribution in [0, 0.1) is 5.92 Å². The molecule has 0 aliphatic heterocycles. The van der Waals surface area contributed by atoms with Crippen LogP contribution in [0.25, 0.3) is 0 Å². The molecule has 0 bridgehead atoms. The zero-order valence-corrected chi connectivity index (χ0v) is 15.3. The lowest BCUT2D eigenvalue weighted by Gasteiger charge is -2.28. The number of anilines is 2. The van der Waals surface area contributed by atoms with Crippen molar-refractivity contribution in [1.82, 2.24) is 4.90 Å². The summed E-state index contributed by atoms with van der Waals surface area (Å²) in [4.78, 5) is 4.91. The van der Waals surface area contributed by atoms with Crippen LogP contribution < -0.4 is 10.6 Å². The van der Waals surface area contributed by atoms with E-state index >= 15 is 0 Å². The number of hydrogen-bond acceptors (Lipinski definition) is 3. The molecule has 0 fully saturated rings. The Morgan fingerprint density at radius 2 is 1.78 bits per heavy atom. The Kier molecular flexibility index (Phi) is 9.46. The van der Waals surface area contributed by atoms with E-state index in [1.807, 2.05) is 18.2 Å². The van der Waals surface area contributed by atoms with Gasteiger partial charge in [-0.3, -0.25) is 0 Å². The average Bonchev–Trinajstić information content (AvgIpc) is 2.53. The number of benzene rings is 1. The molecular formula is C20H35N3. The van der Waals surface area contributed by atoms with Crippen molar-refractivity contribution >= 4 is 11.4 Å². The lowest BCUT2D eigenvalue weighted by Crippen LogP contribution is -2.35. The molecule has 23 heavy (non-hydrogen) atoms. The first-order valence-electron chi connectivity index (χ1n) is 9.00. The van der Waals surface area contributed by atoms with Gasteiger partial charge in [0.1, 0.15) is 0 Å². The molecule has 0 heterocycles. The maximum absolute atomic E-state index is 5.79. The van der Waals surface area contributed by atoms with Gasteiger partial charge in [-0.15, -0.1) is 6.58 Å². The predicted molar refractivity (Wildman–Crippen MR) is 104 cm³/mol. The Hall–Kier alpha value is -1.48. The average molecular weight is 318 g/mol. The minimum Gasteiger partial charge on any atom is -0.399 e. The third-order valence-corrected chi connectivity index (χ3v) is 4.25. The normalized spacial score (nSPS) is 11.2. The number of nitrogen functional groups attached to an aromatic ring is 1. The fraction of sp³-hybridized carbons (Fsp3) is 0.600. The summed E-state index contributed by atoms with van der Waals surface area (Å²) in [6, 6.07) is 8.12. The van der Waals surface area contributed by atoms with E-state index in [1.165, 1.54) is 31.5 Å². The summed E-state index contributed by atoms with van der Waals surface area (Å²) in [5.74, 6) is 0.818. The van der Waals surface area contributed by atoms with Crippen LogP contribution >= 0.6 is 0 Å². The Morgan fingerprint density at radius 3 is 2.35 bits per heavy atom. The first kappa shape index (κ1) is 19.6. The highest BCUT2D eigenvalue weighted by atomic mass is 15.2. The molecule has 0 saturated heterocycles. The van der Waals surface area contributed by atoms with Crippen LogP contribution in [0.4, 0.5) is 11.4 Å². The summed E-state index contributed by atoms with van der Waals surface area (Å²) in [6.45, 7) is 16.1. The lowest BCUT2D eigenvalue weighted by atomic mass is 10.1. The molecule has 1 aromatic carbocycles. The summed E-state index contributed by atoms with van der Waals surface area (Å²) in [7, 11) is 0. The highest BCUT2D eigenvalue weighted by molar-refractivity contribution is 5.53. The minimum absolute atomic E-state index is 0.813. The molecule has 1 rings (SSSR count). The zero-order chi connectivity index (χ0) is 17.1. The summed E-state index contributed by atoms with van der Waals surface area (Å²) < 4.78 is 0. The third kappa shape index (κ3) is 8.08. The Bertz CT molecular complexity index is 425. The van der Waals surface area contributed by atoms with Crippen molar-refractivity contribution in [2.24, 2.45) is 5.92 Å². The molecule has 3 heteroatoms. The Labute approximate surface area is 143 Å². The van der Waals surface area contributed by atoms with E-state index in [0.29, 0.717) is 0 Å². The van der Waals surface area contributed by atoms with Gasteiger partial charge in [-0.1, -0.05) is 39.7 Å². The summed E-state index contributed by atoms with van der Waals surface area (Å²) in [5, 5.41) is 0. The molecule has 0 saturated carbocycles. The molecule has 130 valence electrons. The molecule has 0 aromatic heterocycles. The van der Waals surface area contributed by atoms with Crippen molar-refractivity contribution in [3.63, 3.8) is 0 Å². The highest BCUT2D eigenvalue weighted by Crippen LogP contribution is 2.16. The Balaban J connectivity index is 2.45. The number of hydrogen-bond donors (Lipinski definition) is 1. The van der Waals surface area contributed by atoms with E-state index in [2.05, 4.69) is 49.3 Å². The van der Waals surface area contributed by atoms with Gasteiger partial charge in [-0.2, -0.15) is 0 Å². The number of nitrogens with zero attached hydrogens (tertiary/aromatic N) is 2. The third-order valence-electron chi connectivity index (χ3n) is 4.25. The maximum Gasteiger partial charge on any atom is 0.0370 e. The number of unbranched alkanes of at least 4 members (excludes halogenated alkanes) is 1. The van der Waals surface area contributed by atoms with E-state index < -0.39 is 0 Å². The van der Waals surface area contributed by atoms with Gasteiger partial charge in [0.2, 0.25) is 0 Å². The highest BCUT2D eigenvalue weighted by Gasteiger charge is 2.08. The summed E-state index contributed by atoms with van der Waals surface area (Å²) in [6.07, 6.45) is 5.94. The molecule has 3 nitrogen and oxygen atoms in total. The second-order valence-electron chi connectivity index (χ2n) is 6.65. The second kappa shape index (κ2) is 11.1. The van der Waals surface area contributed by atoms with Gasteiger partial charge in [0.05, 0.1) is 0 Å². The summed E-state index contributed by atoms with van der Waals surface area (Å²) >= 11 is 0. The van der Waals surface area contributed by atoms with Crippen molar-refractivity contribution in [3.05, 3.63) is 36.9 Å². The van der Waals surface area contributed by atoms with Crippen LogP contribution in [0.3, 0.4) is 0 Å². The van der Waals surface area contributed by atoms with E-state index in [4.69, 9.17) is 5.73 Å². The fourth-order valence-corrected chi connectivity index (χ4v) is 2.74. The van der Waals surface area contributed by atoms with Gasteiger partial charge >= 0.3 is 0 Å². The number of rotatable bonds is 12. The topological polar surface area (TPSA) is 32.5 Å². The van der Waals surface area contributed by atoms with Crippen LogP contribution in [-0.4, -0.2) is 37.6 Å². The first-order valence-corrected chi connectivity index (χ1v) is 9.00. The lowest BCUT2D eigenvalue weighted by molar-refractivity contribution is 0.284. The van der Waals surface area contributed by atoms with E-state index in [9.17, 15) is 0 Å². The van der Waals surface area contributed by atoms with Crippen LogP contribution in [0.1, 0.15) is 40.0 Å². The van der Waals surface area contributed by atoms with Gasteiger partial charge in [-0.25, -0.2) is 0 Å². The predicted octanol–water partition coefficient (Wildman–Crippen LogP) is 4.41.